The largest absolute Gasteiger partial charge is 0.490 e. The summed E-state index contributed by atoms with van der Waals surface area (Å²) >= 11 is 12.0. The second-order valence-corrected chi connectivity index (χ2v) is 8.55. The number of hydrogen-bond acceptors (Lipinski definition) is 5. The van der Waals surface area contributed by atoms with E-state index in [1.165, 1.54) is 6.39 Å². The number of benzene rings is 2. The van der Waals surface area contributed by atoms with Gasteiger partial charge in [0, 0.05) is 31.3 Å². The molecule has 1 aliphatic heterocycles. The van der Waals surface area contributed by atoms with Crippen molar-refractivity contribution >= 4 is 29.1 Å². The lowest BCUT2D eigenvalue weighted by molar-refractivity contribution is 0.0932. The van der Waals surface area contributed by atoms with E-state index >= 15 is 0 Å². The number of carbonyl (C=O) groups is 1. The van der Waals surface area contributed by atoms with E-state index in [-0.39, 0.29) is 12.0 Å². The second kappa shape index (κ2) is 10.9. The van der Waals surface area contributed by atoms with Gasteiger partial charge in [-0.05, 0) is 37.9 Å². The summed E-state index contributed by atoms with van der Waals surface area (Å²) in [6.07, 6.45) is 4.24. The fourth-order valence-corrected chi connectivity index (χ4v) is 4.07. The van der Waals surface area contributed by atoms with Crippen molar-refractivity contribution in [2.45, 2.75) is 25.4 Å². The van der Waals surface area contributed by atoms with E-state index in [9.17, 15) is 4.79 Å². The highest BCUT2D eigenvalue weighted by Gasteiger charge is 2.21. The maximum absolute atomic E-state index is 12.5. The Morgan fingerprint density at radius 2 is 1.91 bits per heavy atom. The van der Waals surface area contributed by atoms with E-state index in [1.807, 2.05) is 36.4 Å². The molecule has 1 fully saturated rings. The number of likely N-dealkylation sites (tertiary alicyclic amines) is 1. The second-order valence-electron chi connectivity index (χ2n) is 7.74. The molecule has 1 aromatic heterocycles. The average molecular weight is 474 g/mol. The Morgan fingerprint density at radius 1 is 1.12 bits per heavy atom. The predicted octanol–water partition coefficient (Wildman–Crippen LogP) is 5.31. The zero-order valence-electron chi connectivity index (χ0n) is 17.6. The summed E-state index contributed by atoms with van der Waals surface area (Å²) in [7, 11) is 0. The van der Waals surface area contributed by atoms with Crippen LogP contribution in [0.25, 0.3) is 11.3 Å². The van der Waals surface area contributed by atoms with Gasteiger partial charge in [0.15, 0.2) is 17.8 Å². The van der Waals surface area contributed by atoms with Gasteiger partial charge in [-0.1, -0.05) is 53.5 Å². The highest BCUT2D eigenvalue weighted by atomic mass is 35.5. The van der Waals surface area contributed by atoms with Crippen molar-refractivity contribution in [1.82, 2.24) is 15.2 Å². The normalized spacial score (nSPS) is 14.9. The molecular formula is C24H25Cl2N3O3. The van der Waals surface area contributed by atoms with E-state index < -0.39 is 0 Å². The Hall–Kier alpha value is -2.54. The van der Waals surface area contributed by atoms with Crippen LogP contribution in [0.5, 0.6) is 5.75 Å². The molecular weight excluding hydrogens is 449 g/mol. The van der Waals surface area contributed by atoms with Gasteiger partial charge in [0.05, 0.1) is 10.0 Å². The number of ether oxygens (including phenoxy) is 1. The number of piperidine rings is 1. The first-order valence-corrected chi connectivity index (χ1v) is 11.5. The Bertz CT molecular complexity index is 1030. The summed E-state index contributed by atoms with van der Waals surface area (Å²) in [5.41, 5.74) is 1.15. The summed E-state index contributed by atoms with van der Waals surface area (Å²) in [6.45, 7) is 3.42. The molecule has 2 heterocycles. The van der Waals surface area contributed by atoms with Crippen molar-refractivity contribution in [3.63, 3.8) is 0 Å². The molecule has 0 unspecified atom stereocenters. The van der Waals surface area contributed by atoms with Crippen molar-refractivity contribution in [3.05, 3.63) is 70.7 Å². The van der Waals surface area contributed by atoms with Crippen LogP contribution in [0.1, 0.15) is 29.8 Å². The number of oxazole rings is 1. The average Bonchev–Trinajstić information content (AvgIpc) is 3.31. The molecule has 0 bridgehead atoms. The fourth-order valence-electron chi connectivity index (χ4n) is 3.78. The lowest BCUT2D eigenvalue weighted by Gasteiger charge is -2.32. The molecule has 8 heteroatoms. The first-order valence-electron chi connectivity index (χ1n) is 10.7. The number of nitrogens with zero attached hydrogens (tertiary/aromatic N) is 2. The minimum atomic E-state index is -0.216. The van der Waals surface area contributed by atoms with Gasteiger partial charge in [-0.3, -0.25) is 4.79 Å². The summed E-state index contributed by atoms with van der Waals surface area (Å²) in [4.78, 5) is 19.0. The molecule has 3 aromatic rings. The molecule has 0 saturated carbocycles. The van der Waals surface area contributed by atoms with Crippen LogP contribution in [-0.2, 0) is 0 Å². The smallest absolute Gasteiger partial charge is 0.273 e. The minimum Gasteiger partial charge on any atom is -0.490 e. The number of nitrogens with one attached hydrogen (secondary N) is 1. The summed E-state index contributed by atoms with van der Waals surface area (Å²) < 4.78 is 11.5. The quantitative estimate of drug-likeness (QED) is 0.448. The molecule has 32 heavy (non-hydrogen) atoms. The van der Waals surface area contributed by atoms with Crippen molar-refractivity contribution in [3.8, 4) is 17.1 Å². The number of carbonyl (C=O) groups excluding carboxylic acids is 1. The summed E-state index contributed by atoms with van der Waals surface area (Å²) in [5, 5.41) is 3.98. The van der Waals surface area contributed by atoms with Gasteiger partial charge >= 0.3 is 0 Å². The molecule has 1 aliphatic rings. The van der Waals surface area contributed by atoms with Gasteiger partial charge in [-0.15, -0.1) is 0 Å². The first-order chi connectivity index (χ1) is 15.6. The Kier molecular flexibility index (Phi) is 7.68. The van der Waals surface area contributed by atoms with Crippen molar-refractivity contribution < 1.29 is 13.9 Å². The third-order valence-electron chi connectivity index (χ3n) is 5.48. The monoisotopic (exact) mass is 473 g/mol. The molecule has 2 aromatic carbocycles. The van der Waals surface area contributed by atoms with Crippen LogP contribution in [0.3, 0.4) is 0 Å². The Balaban J connectivity index is 1.17. The molecule has 1 N–H and O–H groups in total. The third kappa shape index (κ3) is 5.82. The molecule has 4 rings (SSSR count). The standard InChI is InChI=1S/C24H25Cl2N3O3/c25-20-8-7-19(15-21(20)26)32-18-9-13-29(14-10-18)12-4-11-27-24(30)22-23(31-16-28-22)17-5-2-1-3-6-17/h1-3,5-8,15-16,18H,4,9-14H2,(H,27,30). The highest BCUT2D eigenvalue weighted by molar-refractivity contribution is 6.42. The number of amides is 1. The number of halogens is 2. The van der Waals surface area contributed by atoms with E-state index in [4.69, 9.17) is 32.4 Å². The van der Waals surface area contributed by atoms with Crippen molar-refractivity contribution in [1.29, 1.82) is 0 Å². The third-order valence-corrected chi connectivity index (χ3v) is 6.22. The SMILES string of the molecule is O=C(NCCCN1CCC(Oc2ccc(Cl)c(Cl)c2)CC1)c1ncoc1-c1ccccc1. The Labute approximate surface area is 197 Å². The molecule has 0 spiro atoms. The number of rotatable bonds is 8. The van der Waals surface area contributed by atoms with Crippen molar-refractivity contribution in [2.24, 2.45) is 0 Å². The lowest BCUT2D eigenvalue weighted by atomic mass is 10.1. The van der Waals surface area contributed by atoms with Crippen LogP contribution in [0.15, 0.2) is 59.3 Å². The summed E-state index contributed by atoms with van der Waals surface area (Å²) in [5.74, 6) is 1.03. The number of hydrogen-bond donors (Lipinski definition) is 1. The molecule has 168 valence electrons. The van der Waals surface area contributed by atoms with Crippen LogP contribution in [0, 0.1) is 0 Å². The zero-order chi connectivity index (χ0) is 22.3. The molecule has 1 saturated heterocycles. The molecule has 0 radical (unpaired) electrons. The van der Waals surface area contributed by atoms with E-state index in [2.05, 4.69) is 15.2 Å². The summed E-state index contributed by atoms with van der Waals surface area (Å²) in [6, 6.07) is 14.9. The minimum absolute atomic E-state index is 0.173. The zero-order valence-corrected chi connectivity index (χ0v) is 19.1. The molecule has 6 nitrogen and oxygen atoms in total. The Morgan fingerprint density at radius 3 is 2.66 bits per heavy atom. The van der Waals surface area contributed by atoms with E-state index in [0.717, 1.165) is 50.2 Å². The van der Waals surface area contributed by atoms with Gasteiger partial charge in [-0.25, -0.2) is 4.98 Å². The maximum Gasteiger partial charge on any atom is 0.273 e. The topological polar surface area (TPSA) is 67.6 Å². The van der Waals surface area contributed by atoms with Crippen LogP contribution >= 0.6 is 23.2 Å². The van der Waals surface area contributed by atoms with Crippen LogP contribution in [0.2, 0.25) is 10.0 Å². The highest BCUT2D eigenvalue weighted by Crippen LogP contribution is 2.28. The maximum atomic E-state index is 12.5. The van der Waals surface area contributed by atoms with Crippen LogP contribution in [0.4, 0.5) is 0 Å². The van der Waals surface area contributed by atoms with Gasteiger partial charge in [0.2, 0.25) is 0 Å². The van der Waals surface area contributed by atoms with Gasteiger partial charge in [0.25, 0.3) is 5.91 Å². The van der Waals surface area contributed by atoms with Gasteiger partial charge in [-0.2, -0.15) is 0 Å². The van der Waals surface area contributed by atoms with E-state index in [1.54, 1.807) is 12.1 Å². The predicted molar refractivity (Wildman–Crippen MR) is 125 cm³/mol. The van der Waals surface area contributed by atoms with Gasteiger partial charge < -0.3 is 19.4 Å². The van der Waals surface area contributed by atoms with Crippen LogP contribution < -0.4 is 10.1 Å². The first kappa shape index (κ1) is 22.6. The van der Waals surface area contributed by atoms with E-state index in [0.29, 0.717) is 28.0 Å². The fraction of sp³-hybridized carbons (Fsp3) is 0.333. The van der Waals surface area contributed by atoms with Crippen molar-refractivity contribution in [2.75, 3.05) is 26.2 Å². The molecule has 1 amide bonds. The molecule has 0 aliphatic carbocycles. The molecule has 0 atom stereocenters. The van der Waals surface area contributed by atoms with Gasteiger partial charge in [0.1, 0.15) is 11.9 Å². The lowest BCUT2D eigenvalue weighted by Crippen LogP contribution is -2.39. The number of aromatic nitrogens is 1. The van der Waals surface area contributed by atoms with Crippen LogP contribution in [-0.4, -0.2) is 48.1 Å².